The van der Waals surface area contributed by atoms with Gasteiger partial charge in [-0.3, -0.25) is 0 Å². The topological polar surface area (TPSA) is 9.23 Å². The number of rotatable bonds is 9. The molecule has 0 amide bonds. The molecule has 2 heteroatoms. The van der Waals surface area contributed by atoms with Gasteiger partial charge in [-0.2, -0.15) is 0 Å². The van der Waals surface area contributed by atoms with Crippen LogP contribution in [0.1, 0.15) is 44.6 Å². The maximum absolute atomic E-state index is 5.67. The summed E-state index contributed by atoms with van der Waals surface area (Å²) in [7, 11) is 0. The molecule has 1 aromatic carbocycles. The van der Waals surface area contributed by atoms with Crippen molar-refractivity contribution in [3.63, 3.8) is 0 Å². The summed E-state index contributed by atoms with van der Waals surface area (Å²) in [5.74, 6) is 1.74. The van der Waals surface area contributed by atoms with Crippen molar-refractivity contribution in [2.75, 3.05) is 12.5 Å². The van der Waals surface area contributed by atoms with E-state index in [1.165, 1.54) is 24.8 Å². The Morgan fingerprint density at radius 3 is 2.41 bits per heavy atom. The summed E-state index contributed by atoms with van der Waals surface area (Å²) in [4.78, 5) is 0. The third-order valence-electron chi connectivity index (χ3n) is 2.79. The van der Waals surface area contributed by atoms with Gasteiger partial charge in [0.05, 0.1) is 6.61 Å². The van der Waals surface area contributed by atoms with Gasteiger partial charge in [0, 0.05) is 5.88 Å². The van der Waals surface area contributed by atoms with Crippen LogP contribution in [0.3, 0.4) is 0 Å². The average molecular weight is 255 g/mol. The van der Waals surface area contributed by atoms with Crippen molar-refractivity contribution in [3.05, 3.63) is 29.8 Å². The number of aryl methyl sites for hydroxylation is 1. The zero-order valence-corrected chi connectivity index (χ0v) is 11.5. The van der Waals surface area contributed by atoms with Gasteiger partial charge in [0.15, 0.2) is 0 Å². The van der Waals surface area contributed by atoms with Crippen LogP contribution in [0.2, 0.25) is 0 Å². The zero-order valence-electron chi connectivity index (χ0n) is 10.8. The fourth-order valence-corrected chi connectivity index (χ4v) is 1.89. The lowest BCUT2D eigenvalue weighted by molar-refractivity contribution is 0.306. The minimum atomic E-state index is 0.756. The van der Waals surface area contributed by atoms with Crippen molar-refractivity contribution in [2.45, 2.75) is 45.4 Å². The largest absolute Gasteiger partial charge is 0.494 e. The molecule has 0 radical (unpaired) electrons. The predicted octanol–water partition coefficient (Wildman–Crippen LogP) is 4.82. The molecule has 0 N–H and O–H groups in total. The lowest BCUT2D eigenvalue weighted by atomic mass is 10.1. The maximum Gasteiger partial charge on any atom is 0.119 e. The monoisotopic (exact) mass is 254 g/mol. The van der Waals surface area contributed by atoms with Crippen molar-refractivity contribution < 1.29 is 4.74 Å². The molecule has 0 bridgehead atoms. The lowest BCUT2D eigenvalue weighted by Crippen LogP contribution is -1.97. The van der Waals surface area contributed by atoms with E-state index in [0.717, 1.165) is 37.5 Å². The minimum absolute atomic E-state index is 0.756. The first kappa shape index (κ1) is 14.4. The van der Waals surface area contributed by atoms with Gasteiger partial charge in [-0.05, 0) is 49.8 Å². The molecule has 0 aromatic heterocycles. The summed E-state index contributed by atoms with van der Waals surface area (Å²) >= 11 is 5.62. The number of alkyl halides is 1. The Labute approximate surface area is 110 Å². The van der Waals surface area contributed by atoms with E-state index in [1.54, 1.807) is 0 Å². The van der Waals surface area contributed by atoms with Gasteiger partial charge in [-0.15, -0.1) is 11.6 Å². The number of halogens is 1. The summed E-state index contributed by atoms with van der Waals surface area (Å²) in [6.07, 6.45) is 7.01. The highest BCUT2D eigenvalue weighted by Gasteiger charge is 1.96. The third-order valence-corrected chi connectivity index (χ3v) is 3.06. The van der Waals surface area contributed by atoms with E-state index in [-0.39, 0.29) is 0 Å². The van der Waals surface area contributed by atoms with E-state index in [1.807, 2.05) is 0 Å². The van der Waals surface area contributed by atoms with E-state index in [0.29, 0.717) is 0 Å². The van der Waals surface area contributed by atoms with Crippen molar-refractivity contribution >= 4 is 11.6 Å². The molecular formula is C15H23ClO. The summed E-state index contributed by atoms with van der Waals surface area (Å²) in [6.45, 7) is 3.02. The smallest absolute Gasteiger partial charge is 0.119 e. The van der Waals surface area contributed by atoms with Gasteiger partial charge >= 0.3 is 0 Å². The molecule has 1 aromatic rings. The van der Waals surface area contributed by atoms with Crippen LogP contribution in [0.5, 0.6) is 5.75 Å². The van der Waals surface area contributed by atoms with Crippen LogP contribution >= 0.6 is 11.6 Å². The molecule has 0 atom stereocenters. The summed E-state index contributed by atoms with van der Waals surface area (Å²) in [6, 6.07) is 8.49. The average Bonchev–Trinajstić information content (AvgIpc) is 2.37. The molecule has 0 unspecified atom stereocenters. The van der Waals surface area contributed by atoms with Gasteiger partial charge in [-0.1, -0.05) is 25.5 Å². The molecule has 0 aliphatic rings. The quantitative estimate of drug-likeness (QED) is 0.454. The lowest BCUT2D eigenvalue weighted by Gasteiger charge is -2.06. The van der Waals surface area contributed by atoms with E-state index in [2.05, 4.69) is 31.2 Å². The van der Waals surface area contributed by atoms with Gasteiger partial charge in [0.2, 0.25) is 0 Å². The SMILES string of the molecule is CCCCc1ccc(OCCCCCCl)cc1. The van der Waals surface area contributed by atoms with E-state index in [4.69, 9.17) is 16.3 Å². The molecule has 0 saturated heterocycles. The van der Waals surface area contributed by atoms with Gasteiger partial charge in [-0.25, -0.2) is 0 Å². The number of hydrogen-bond donors (Lipinski definition) is 0. The van der Waals surface area contributed by atoms with Crippen LogP contribution < -0.4 is 4.74 Å². The predicted molar refractivity (Wildman–Crippen MR) is 75.1 cm³/mol. The van der Waals surface area contributed by atoms with Gasteiger partial charge in [0.1, 0.15) is 5.75 Å². The van der Waals surface area contributed by atoms with E-state index < -0.39 is 0 Å². The highest BCUT2D eigenvalue weighted by atomic mass is 35.5. The van der Waals surface area contributed by atoms with E-state index in [9.17, 15) is 0 Å². The normalized spacial score (nSPS) is 10.5. The van der Waals surface area contributed by atoms with Crippen molar-refractivity contribution in [1.82, 2.24) is 0 Å². The van der Waals surface area contributed by atoms with Gasteiger partial charge in [0.25, 0.3) is 0 Å². The van der Waals surface area contributed by atoms with Crippen LogP contribution in [0.4, 0.5) is 0 Å². The third kappa shape index (κ3) is 6.58. The summed E-state index contributed by atoms with van der Waals surface area (Å²) in [5, 5.41) is 0. The van der Waals surface area contributed by atoms with Crippen molar-refractivity contribution in [2.24, 2.45) is 0 Å². The molecule has 1 rings (SSSR count). The molecule has 17 heavy (non-hydrogen) atoms. The second-order valence-electron chi connectivity index (χ2n) is 4.35. The minimum Gasteiger partial charge on any atom is -0.494 e. The maximum atomic E-state index is 5.67. The number of ether oxygens (including phenoxy) is 1. The second kappa shape index (κ2) is 9.35. The van der Waals surface area contributed by atoms with Crippen molar-refractivity contribution in [1.29, 1.82) is 0 Å². The summed E-state index contributed by atoms with van der Waals surface area (Å²) < 4.78 is 5.67. The molecule has 0 heterocycles. The molecule has 0 saturated carbocycles. The Balaban J connectivity index is 2.20. The van der Waals surface area contributed by atoms with Crippen LogP contribution in [0, 0.1) is 0 Å². The fourth-order valence-electron chi connectivity index (χ4n) is 1.70. The van der Waals surface area contributed by atoms with Crippen LogP contribution in [0.15, 0.2) is 24.3 Å². The number of unbranched alkanes of at least 4 members (excludes halogenated alkanes) is 3. The Hall–Kier alpha value is -0.690. The van der Waals surface area contributed by atoms with Crippen molar-refractivity contribution in [3.8, 4) is 5.75 Å². The molecule has 0 spiro atoms. The first-order chi connectivity index (χ1) is 8.36. The molecule has 0 aliphatic heterocycles. The Morgan fingerprint density at radius 2 is 1.76 bits per heavy atom. The van der Waals surface area contributed by atoms with Crippen LogP contribution in [-0.4, -0.2) is 12.5 Å². The Morgan fingerprint density at radius 1 is 1.00 bits per heavy atom. The van der Waals surface area contributed by atoms with Gasteiger partial charge < -0.3 is 4.74 Å². The zero-order chi connectivity index (χ0) is 12.3. The summed E-state index contributed by atoms with van der Waals surface area (Å²) in [5.41, 5.74) is 1.40. The van der Waals surface area contributed by atoms with Crippen LogP contribution in [0.25, 0.3) is 0 Å². The second-order valence-corrected chi connectivity index (χ2v) is 4.72. The van der Waals surface area contributed by atoms with Crippen LogP contribution in [-0.2, 0) is 6.42 Å². The van der Waals surface area contributed by atoms with E-state index >= 15 is 0 Å². The first-order valence-corrected chi connectivity index (χ1v) is 7.18. The number of hydrogen-bond acceptors (Lipinski definition) is 1. The highest BCUT2D eigenvalue weighted by Crippen LogP contribution is 2.14. The molecular weight excluding hydrogens is 232 g/mol. The molecule has 0 fully saturated rings. The molecule has 1 nitrogen and oxygen atoms in total. The fraction of sp³-hybridized carbons (Fsp3) is 0.600. The first-order valence-electron chi connectivity index (χ1n) is 6.64. The molecule has 96 valence electrons. The Kier molecular flexibility index (Phi) is 7.91. The Bertz CT molecular complexity index is 281. The number of benzene rings is 1. The standard InChI is InChI=1S/C15H23ClO/c1-2-3-7-14-8-10-15(11-9-14)17-13-6-4-5-12-16/h8-11H,2-7,12-13H2,1H3. The molecule has 0 aliphatic carbocycles. The highest BCUT2D eigenvalue weighted by molar-refractivity contribution is 6.17.